The van der Waals surface area contributed by atoms with Crippen molar-refractivity contribution in [2.24, 2.45) is 0 Å². The van der Waals surface area contributed by atoms with E-state index in [4.69, 9.17) is 21.1 Å². The molecule has 1 unspecified atom stereocenters. The van der Waals surface area contributed by atoms with Gasteiger partial charge in [-0.05, 0) is 29.8 Å². The van der Waals surface area contributed by atoms with Gasteiger partial charge in [-0.1, -0.05) is 29.8 Å². The fourth-order valence-corrected chi connectivity index (χ4v) is 2.40. The highest BCUT2D eigenvalue weighted by molar-refractivity contribution is 6.33. The lowest BCUT2D eigenvalue weighted by Gasteiger charge is -2.20. The Morgan fingerprint density at radius 3 is 2.67 bits per heavy atom. The minimum absolute atomic E-state index is 0.364. The van der Waals surface area contributed by atoms with Gasteiger partial charge in [0, 0.05) is 6.54 Å². The van der Waals surface area contributed by atoms with Crippen molar-refractivity contribution in [1.29, 1.82) is 0 Å². The molecular weight excluding hydrogens is 290 g/mol. The van der Waals surface area contributed by atoms with Crippen molar-refractivity contribution in [1.82, 2.24) is 0 Å². The number of aliphatic hydroxyl groups is 1. The first-order valence-electron chi connectivity index (χ1n) is 6.80. The van der Waals surface area contributed by atoms with E-state index >= 15 is 0 Å². The fourth-order valence-electron chi connectivity index (χ4n) is 2.20. The van der Waals surface area contributed by atoms with Gasteiger partial charge in [-0.2, -0.15) is 0 Å². The van der Waals surface area contributed by atoms with Crippen LogP contribution in [-0.4, -0.2) is 24.9 Å². The molecule has 5 heteroatoms. The SMILES string of the molecule is OC(CNc1ccccc1Cl)c1ccc2c(c1)OCCO2. The summed E-state index contributed by atoms with van der Waals surface area (Å²) in [5.41, 5.74) is 1.58. The van der Waals surface area contributed by atoms with Crippen molar-refractivity contribution in [3.63, 3.8) is 0 Å². The van der Waals surface area contributed by atoms with Crippen molar-refractivity contribution < 1.29 is 14.6 Å². The molecule has 0 bridgehead atoms. The average Bonchev–Trinajstić information content (AvgIpc) is 2.53. The molecule has 1 aliphatic heterocycles. The van der Waals surface area contributed by atoms with E-state index in [1.54, 1.807) is 6.07 Å². The number of fused-ring (bicyclic) bond motifs is 1. The molecule has 0 spiro atoms. The van der Waals surface area contributed by atoms with Gasteiger partial charge in [0.1, 0.15) is 13.2 Å². The molecule has 2 aromatic carbocycles. The summed E-state index contributed by atoms with van der Waals surface area (Å²) in [6, 6.07) is 12.9. The van der Waals surface area contributed by atoms with Gasteiger partial charge in [0.15, 0.2) is 11.5 Å². The lowest BCUT2D eigenvalue weighted by molar-refractivity contribution is 0.167. The number of halogens is 1. The molecular formula is C16H16ClNO3. The molecule has 1 atom stereocenters. The van der Waals surface area contributed by atoms with Gasteiger partial charge in [0.05, 0.1) is 16.8 Å². The summed E-state index contributed by atoms with van der Waals surface area (Å²) < 4.78 is 11.0. The monoisotopic (exact) mass is 305 g/mol. The molecule has 0 aromatic heterocycles. The molecule has 21 heavy (non-hydrogen) atoms. The van der Waals surface area contributed by atoms with Crippen LogP contribution >= 0.6 is 11.6 Å². The van der Waals surface area contributed by atoms with Crippen LogP contribution in [0.3, 0.4) is 0 Å². The topological polar surface area (TPSA) is 50.7 Å². The molecule has 1 heterocycles. The van der Waals surface area contributed by atoms with Crippen LogP contribution in [0.2, 0.25) is 5.02 Å². The van der Waals surface area contributed by atoms with E-state index in [9.17, 15) is 5.11 Å². The van der Waals surface area contributed by atoms with Crippen LogP contribution < -0.4 is 14.8 Å². The Balaban J connectivity index is 1.68. The molecule has 110 valence electrons. The van der Waals surface area contributed by atoms with E-state index in [0.717, 1.165) is 17.0 Å². The first-order valence-corrected chi connectivity index (χ1v) is 7.18. The van der Waals surface area contributed by atoms with E-state index in [2.05, 4.69) is 5.32 Å². The molecule has 0 aliphatic carbocycles. The third-order valence-corrected chi connectivity index (χ3v) is 3.64. The summed E-state index contributed by atoms with van der Waals surface area (Å²) in [5.74, 6) is 1.40. The van der Waals surface area contributed by atoms with Gasteiger partial charge < -0.3 is 19.9 Å². The second-order valence-electron chi connectivity index (χ2n) is 4.78. The molecule has 0 saturated carbocycles. The van der Waals surface area contributed by atoms with Gasteiger partial charge in [-0.3, -0.25) is 0 Å². The Hall–Kier alpha value is -1.91. The Morgan fingerprint density at radius 2 is 1.86 bits per heavy atom. The number of hydrogen-bond acceptors (Lipinski definition) is 4. The van der Waals surface area contributed by atoms with Crippen LogP contribution in [0.25, 0.3) is 0 Å². The Morgan fingerprint density at radius 1 is 1.10 bits per heavy atom. The highest BCUT2D eigenvalue weighted by Crippen LogP contribution is 2.32. The second kappa shape index (κ2) is 6.24. The quantitative estimate of drug-likeness (QED) is 0.910. The molecule has 0 fully saturated rings. The van der Waals surface area contributed by atoms with Crippen LogP contribution in [0.4, 0.5) is 5.69 Å². The number of aliphatic hydroxyl groups excluding tert-OH is 1. The van der Waals surface area contributed by atoms with Gasteiger partial charge >= 0.3 is 0 Å². The first-order chi connectivity index (χ1) is 10.2. The predicted molar refractivity (Wildman–Crippen MR) is 82.3 cm³/mol. The summed E-state index contributed by atoms with van der Waals surface area (Å²) in [7, 11) is 0. The molecule has 4 nitrogen and oxygen atoms in total. The van der Waals surface area contributed by atoms with Crippen molar-refractivity contribution in [2.75, 3.05) is 25.1 Å². The highest BCUT2D eigenvalue weighted by atomic mass is 35.5. The number of rotatable bonds is 4. The maximum absolute atomic E-state index is 10.3. The van der Waals surface area contributed by atoms with Crippen LogP contribution in [-0.2, 0) is 0 Å². The summed E-state index contributed by atoms with van der Waals surface area (Å²) >= 11 is 6.07. The van der Waals surface area contributed by atoms with E-state index < -0.39 is 6.10 Å². The molecule has 0 radical (unpaired) electrons. The number of para-hydroxylation sites is 1. The molecule has 2 aromatic rings. The van der Waals surface area contributed by atoms with Crippen LogP contribution in [0.1, 0.15) is 11.7 Å². The van der Waals surface area contributed by atoms with E-state index in [1.807, 2.05) is 36.4 Å². The van der Waals surface area contributed by atoms with E-state index in [1.165, 1.54) is 0 Å². The third-order valence-electron chi connectivity index (χ3n) is 3.31. The van der Waals surface area contributed by atoms with Crippen molar-refractivity contribution in [2.45, 2.75) is 6.10 Å². The van der Waals surface area contributed by atoms with Crippen molar-refractivity contribution >= 4 is 17.3 Å². The molecule has 1 aliphatic rings. The largest absolute Gasteiger partial charge is 0.486 e. The van der Waals surface area contributed by atoms with E-state index in [-0.39, 0.29) is 0 Å². The van der Waals surface area contributed by atoms with Crippen molar-refractivity contribution in [3.05, 3.63) is 53.1 Å². The third kappa shape index (κ3) is 3.23. The lowest BCUT2D eigenvalue weighted by Crippen LogP contribution is -2.17. The Labute approximate surface area is 128 Å². The number of benzene rings is 2. The van der Waals surface area contributed by atoms with Gasteiger partial charge in [0.25, 0.3) is 0 Å². The van der Waals surface area contributed by atoms with Gasteiger partial charge in [-0.25, -0.2) is 0 Å². The molecule has 2 N–H and O–H groups in total. The summed E-state index contributed by atoms with van der Waals surface area (Å²) in [5, 5.41) is 14.0. The minimum Gasteiger partial charge on any atom is -0.486 e. The van der Waals surface area contributed by atoms with E-state index in [0.29, 0.717) is 30.5 Å². The maximum Gasteiger partial charge on any atom is 0.161 e. The predicted octanol–water partition coefficient (Wildman–Crippen LogP) is 3.26. The number of hydrogen-bond donors (Lipinski definition) is 2. The highest BCUT2D eigenvalue weighted by Gasteiger charge is 2.15. The van der Waals surface area contributed by atoms with Gasteiger partial charge in [0.2, 0.25) is 0 Å². The fraction of sp³-hybridized carbons (Fsp3) is 0.250. The number of anilines is 1. The van der Waals surface area contributed by atoms with Crippen LogP contribution in [0.5, 0.6) is 11.5 Å². The van der Waals surface area contributed by atoms with Gasteiger partial charge in [-0.15, -0.1) is 0 Å². The average molecular weight is 306 g/mol. The minimum atomic E-state index is -0.655. The number of nitrogens with one attached hydrogen (secondary N) is 1. The standard InChI is InChI=1S/C16H16ClNO3/c17-12-3-1-2-4-13(12)18-10-14(19)11-5-6-15-16(9-11)21-8-7-20-15/h1-6,9,14,18-19H,7-8,10H2. The van der Waals surface area contributed by atoms with Crippen molar-refractivity contribution in [3.8, 4) is 11.5 Å². The zero-order valence-electron chi connectivity index (χ0n) is 11.4. The summed E-state index contributed by atoms with van der Waals surface area (Å²) in [4.78, 5) is 0. The van der Waals surface area contributed by atoms with Crippen LogP contribution in [0, 0.1) is 0 Å². The maximum atomic E-state index is 10.3. The lowest BCUT2D eigenvalue weighted by atomic mass is 10.1. The van der Waals surface area contributed by atoms with Crippen LogP contribution in [0.15, 0.2) is 42.5 Å². The smallest absolute Gasteiger partial charge is 0.161 e. The zero-order valence-corrected chi connectivity index (χ0v) is 12.1. The molecule has 0 amide bonds. The second-order valence-corrected chi connectivity index (χ2v) is 5.19. The Kier molecular flexibility index (Phi) is 4.18. The normalized spacial score (nSPS) is 14.6. The zero-order chi connectivity index (χ0) is 14.7. The first kappa shape index (κ1) is 14.0. The molecule has 3 rings (SSSR count). The summed E-state index contributed by atoms with van der Waals surface area (Å²) in [6.07, 6.45) is -0.655. The summed E-state index contributed by atoms with van der Waals surface area (Å²) in [6.45, 7) is 1.46. The Bertz CT molecular complexity index is 633. The number of ether oxygens (including phenoxy) is 2. The molecule has 0 saturated heterocycles.